The van der Waals surface area contributed by atoms with Crippen molar-refractivity contribution in [1.29, 1.82) is 0 Å². The number of fused-ring (bicyclic) bond motifs is 3. The van der Waals surface area contributed by atoms with E-state index in [1.807, 2.05) is 54.6 Å². The summed E-state index contributed by atoms with van der Waals surface area (Å²) in [4.78, 5) is 14.2. The Balaban J connectivity index is 1.60. The van der Waals surface area contributed by atoms with Gasteiger partial charge < -0.3 is 14.8 Å². The van der Waals surface area contributed by atoms with Gasteiger partial charge in [-0.1, -0.05) is 47.5 Å². The molecule has 5 rings (SSSR count). The number of aliphatic imine (C=N–C) groups is 1. The zero-order chi connectivity index (χ0) is 23.7. The van der Waals surface area contributed by atoms with Gasteiger partial charge in [-0.2, -0.15) is 0 Å². The number of anilines is 2. The molecule has 170 valence electrons. The average Bonchev–Trinajstić information content (AvgIpc) is 3.00. The van der Waals surface area contributed by atoms with Gasteiger partial charge in [0.2, 0.25) is 5.95 Å². The zero-order valence-corrected chi connectivity index (χ0v) is 20.0. The molecule has 0 atom stereocenters. The van der Waals surface area contributed by atoms with Crippen molar-refractivity contribution >= 4 is 40.5 Å². The van der Waals surface area contributed by atoms with E-state index in [1.54, 1.807) is 26.5 Å². The number of halogens is 2. The topological polar surface area (TPSA) is 68.6 Å². The van der Waals surface area contributed by atoms with Crippen LogP contribution < -0.4 is 14.8 Å². The van der Waals surface area contributed by atoms with Gasteiger partial charge in [-0.15, -0.1) is 0 Å². The lowest BCUT2D eigenvalue weighted by Gasteiger charge is -2.14. The first-order valence-corrected chi connectivity index (χ1v) is 11.3. The normalized spacial score (nSPS) is 12.2. The molecule has 6 nitrogen and oxygen atoms in total. The highest BCUT2D eigenvalue weighted by molar-refractivity contribution is 6.36. The van der Waals surface area contributed by atoms with Crippen LogP contribution in [0.3, 0.4) is 0 Å². The van der Waals surface area contributed by atoms with Crippen LogP contribution in [0.5, 0.6) is 11.5 Å². The van der Waals surface area contributed by atoms with E-state index in [0.29, 0.717) is 34.0 Å². The van der Waals surface area contributed by atoms with E-state index in [4.69, 9.17) is 42.7 Å². The number of hydrogen-bond donors (Lipinski definition) is 1. The van der Waals surface area contributed by atoms with Crippen molar-refractivity contribution < 1.29 is 9.47 Å². The molecular formula is C26H20Cl2N4O2. The second kappa shape index (κ2) is 9.33. The standard InChI is InChI=1S/C26H20Cl2N4O2/c1-33-18-10-17(11-19(12-18)34-2)31-26-30-14-15-13-29-25(21-5-3-4-6-23(21)28)22-9-16(27)7-8-20(22)24(15)32-26/h3-12,14H,13H2,1-2H3,(H,30,31,32). The molecule has 0 saturated carbocycles. The van der Waals surface area contributed by atoms with E-state index in [9.17, 15) is 0 Å². The minimum Gasteiger partial charge on any atom is -0.497 e. The molecule has 1 aliphatic rings. The Morgan fingerprint density at radius 3 is 2.35 bits per heavy atom. The Kier molecular flexibility index (Phi) is 6.09. The van der Waals surface area contributed by atoms with Crippen LogP contribution in [0.25, 0.3) is 11.3 Å². The highest BCUT2D eigenvalue weighted by Crippen LogP contribution is 2.35. The first kappa shape index (κ1) is 22.2. The van der Waals surface area contributed by atoms with Crippen LogP contribution in [0, 0.1) is 0 Å². The SMILES string of the molecule is COc1cc(Nc2ncc3c(n2)-c2ccc(Cl)cc2C(c2ccccc2Cl)=NC3)cc(OC)c1. The fourth-order valence-corrected chi connectivity index (χ4v) is 4.27. The van der Waals surface area contributed by atoms with Gasteiger partial charge >= 0.3 is 0 Å². The molecule has 0 aliphatic carbocycles. The number of aromatic nitrogens is 2. The lowest BCUT2D eigenvalue weighted by molar-refractivity contribution is 0.395. The van der Waals surface area contributed by atoms with Gasteiger partial charge in [0.1, 0.15) is 11.5 Å². The molecule has 1 aromatic heterocycles. The molecule has 3 aromatic carbocycles. The minimum atomic E-state index is 0.412. The molecule has 0 bridgehead atoms. The summed E-state index contributed by atoms with van der Waals surface area (Å²) in [6.07, 6.45) is 1.79. The molecule has 34 heavy (non-hydrogen) atoms. The van der Waals surface area contributed by atoms with Crippen LogP contribution in [0.4, 0.5) is 11.6 Å². The number of nitrogens with zero attached hydrogens (tertiary/aromatic N) is 3. The number of benzene rings is 3. The third-order valence-corrected chi connectivity index (χ3v) is 6.07. The molecule has 0 fully saturated rings. The van der Waals surface area contributed by atoms with Gasteiger partial charge in [0.15, 0.2) is 0 Å². The third-order valence-electron chi connectivity index (χ3n) is 5.50. The summed E-state index contributed by atoms with van der Waals surface area (Å²) in [6.45, 7) is 0.412. The van der Waals surface area contributed by atoms with Crippen molar-refractivity contribution in [3.05, 3.63) is 93.6 Å². The fraction of sp³-hybridized carbons (Fsp3) is 0.115. The maximum Gasteiger partial charge on any atom is 0.227 e. The van der Waals surface area contributed by atoms with Crippen molar-refractivity contribution in [2.75, 3.05) is 19.5 Å². The van der Waals surface area contributed by atoms with Crippen molar-refractivity contribution in [2.24, 2.45) is 4.99 Å². The summed E-state index contributed by atoms with van der Waals surface area (Å²) in [6, 6.07) is 18.9. The van der Waals surface area contributed by atoms with Gasteiger partial charge in [0.05, 0.1) is 32.2 Å². The Labute approximate surface area is 207 Å². The first-order valence-electron chi connectivity index (χ1n) is 10.5. The fourth-order valence-electron chi connectivity index (χ4n) is 3.88. The number of nitrogens with one attached hydrogen (secondary N) is 1. The monoisotopic (exact) mass is 490 g/mol. The van der Waals surface area contributed by atoms with Crippen LogP contribution in [0.15, 0.2) is 71.9 Å². The molecule has 0 saturated heterocycles. The maximum atomic E-state index is 6.52. The summed E-state index contributed by atoms with van der Waals surface area (Å²) in [7, 11) is 3.21. The van der Waals surface area contributed by atoms with Crippen molar-refractivity contribution in [1.82, 2.24) is 9.97 Å². The quantitative estimate of drug-likeness (QED) is 0.342. The molecule has 1 N–H and O–H groups in total. The van der Waals surface area contributed by atoms with Crippen LogP contribution in [-0.2, 0) is 6.54 Å². The average molecular weight is 491 g/mol. The van der Waals surface area contributed by atoms with E-state index in [2.05, 4.69) is 10.3 Å². The molecule has 0 spiro atoms. The summed E-state index contributed by atoms with van der Waals surface area (Å²) < 4.78 is 10.7. The Bertz CT molecular complexity index is 1400. The zero-order valence-electron chi connectivity index (χ0n) is 18.5. The molecule has 0 amide bonds. The minimum absolute atomic E-state index is 0.412. The van der Waals surface area contributed by atoms with E-state index < -0.39 is 0 Å². The smallest absolute Gasteiger partial charge is 0.227 e. The van der Waals surface area contributed by atoms with E-state index in [0.717, 1.165) is 39.3 Å². The van der Waals surface area contributed by atoms with Gasteiger partial charge in [0, 0.05) is 62.4 Å². The third kappa shape index (κ3) is 4.30. The molecule has 2 heterocycles. The summed E-state index contributed by atoms with van der Waals surface area (Å²) >= 11 is 12.9. The second-order valence-corrected chi connectivity index (χ2v) is 8.47. The lowest BCUT2D eigenvalue weighted by atomic mass is 9.95. The predicted molar refractivity (Wildman–Crippen MR) is 136 cm³/mol. The van der Waals surface area contributed by atoms with Crippen LogP contribution in [0.2, 0.25) is 10.0 Å². The number of hydrogen-bond acceptors (Lipinski definition) is 6. The molecule has 0 unspecified atom stereocenters. The number of rotatable bonds is 5. The van der Waals surface area contributed by atoms with Crippen LogP contribution in [0.1, 0.15) is 16.7 Å². The summed E-state index contributed by atoms with van der Waals surface area (Å²) in [5.41, 5.74) is 5.82. The molecule has 0 radical (unpaired) electrons. The number of ether oxygens (including phenoxy) is 2. The van der Waals surface area contributed by atoms with Gasteiger partial charge in [-0.3, -0.25) is 4.99 Å². The Morgan fingerprint density at radius 1 is 0.853 bits per heavy atom. The molecule has 4 aromatic rings. The first-order chi connectivity index (χ1) is 16.6. The van der Waals surface area contributed by atoms with Gasteiger partial charge in [0.25, 0.3) is 0 Å². The maximum absolute atomic E-state index is 6.52. The summed E-state index contributed by atoms with van der Waals surface area (Å²) in [5.74, 6) is 1.76. The van der Waals surface area contributed by atoms with E-state index >= 15 is 0 Å². The van der Waals surface area contributed by atoms with Crippen molar-refractivity contribution in [3.8, 4) is 22.8 Å². The second-order valence-electron chi connectivity index (χ2n) is 7.63. The van der Waals surface area contributed by atoms with E-state index in [-0.39, 0.29) is 0 Å². The van der Waals surface area contributed by atoms with Crippen molar-refractivity contribution in [2.45, 2.75) is 6.54 Å². The van der Waals surface area contributed by atoms with Crippen molar-refractivity contribution in [3.63, 3.8) is 0 Å². The Hall–Kier alpha value is -3.61. The Morgan fingerprint density at radius 2 is 1.62 bits per heavy atom. The molecule has 1 aliphatic heterocycles. The molecular weight excluding hydrogens is 471 g/mol. The van der Waals surface area contributed by atoms with Gasteiger partial charge in [-0.05, 0) is 18.2 Å². The highest BCUT2D eigenvalue weighted by atomic mass is 35.5. The van der Waals surface area contributed by atoms with E-state index in [1.165, 1.54) is 0 Å². The largest absolute Gasteiger partial charge is 0.497 e. The lowest BCUT2D eigenvalue weighted by Crippen LogP contribution is -2.06. The molecule has 8 heteroatoms. The number of methoxy groups -OCH3 is 2. The highest BCUT2D eigenvalue weighted by Gasteiger charge is 2.22. The van der Waals surface area contributed by atoms with Crippen LogP contribution >= 0.6 is 23.2 Å². The predicted octanol–water partition coefficient (Wildman–Crippen LogP) is 6.56. The van der Waals surface area contributed by atoms with Crippen LogP contribution in [-0.4, -0.2) is 29.9 Å². The van der Waals surface area contributed by atoms with Gasteiger partial charge in [-0.25, -0.2) is 9.97 Å². The summed E-state index contributed by atoms with van der Waals surface area (Å²) in [5, 5.41) is 4.48.